The first-order valence-corrected chi connectivity index (χ1v) is 6.43. The summed E-state index contributed by atoms with van der Waals surface area (Å²) in [5.41, 5.74) is 0.626. The van der Waals surface area contributed by atoms with Gasteiger partial charge in [-0.3, -0.25) is 0 Å². The Hall–Kier alpha value is -0.960. The number of benzene rings is 1. The minimum absolute atomic E-state index is 0.416. The van der Waals surface area contributed by atoms with Gasteiger partial charge >= 0.3 is 0 Å². The third-order valence-electron chi connectivity index (χ3n) is 3.15. The van der Waals surface area contributed by atoms with Crippen LogP contribution in [0.25, 0.3) is 0 Å². The summed E-state index contributed by atoms with van der Waals surface area (Å²) in [6.45, 7) is 1.07. The fourth-order valence-electron chi connectivity index (χ4n) is 1.94. The number of unbranched alkanes of at least 4 members (excludes halogenated alkanes) is 2. The lowest BCUT2D eigenvalue weighted by Crippen LogP contribution is -2.17. The van der Waals surface area contributed by atoms with Gasteiger partial charge in [0.25, 0.3) is 0 Å². The molecule has 3 heteroatoms. The van der Waals surface area contributed by atoms with Crippen molar-refractivity contribution in [1.29, 1.82) is 0 Å². The Balaban J connectivity index is 1.60. The minimum Gasteiger partial charge on any atom is -0.314 e. The van der Waals surface area contributed by atoms with Gasteiger partial charge in [-0.05, 0) is 50.3 Å². The molecule has 0 aliphatic heterocycles. The Bertz CT molecular complexity index is 361. The van der Waals surface area contributed by atoms with E-state index in [1.807, 2.05) is 0 Å². The van der Waals surface area contributed by atoms with E-state index in [9.17, 15) is 8.78 Å². The van der Waals surface area contributed by atoms with E-state index < -0.39 is 11.6 Å². The standard InChI is InChI=1S/C14H19F2N/c15-12-6-5-11(14(16)10-12)4-2-1-3-9-17-13-7-8-13/h5-6,10,13,17H,1-4,7-9H2. The molecule has 0 saturated heterocycles. The predicted molar refractivity (Wildman–Crippen MR) is 64.9 cm³/mol. The van der Waals surface area contributed by atoms with E-state index in [-0.39, 0.29) is 0 Å². The number of rotatable bonds is 7. The second kappa shape index (κ2) is 6.10. The SMILES string of the molecule is Fc1ccc(CCCCCNC2CC2)c(F)c1. The van der Waals surface area contributed by atoms with Crippen LogP contribution >= 0.6 is 0 Å². The lowest BCUT2D eigenvalue weighted by Gasteiger charge is -2.04. The van der Waals surface area contributed by atoms with E-state index in [1.54, 1.807) is 6.07 Å². The van der Waals surface area contributed by atoms with E-state index in [0.717, 1.165) is 37.9 Å². The van der Waals surface area contributed by atoms with Crippen molar-refractivity contribution in [3.63, 3.8) is 0 Å². The first kappa shape index (κ1) is 12.5. The van der Waals surface area contributed by atoms with Crippen LogP contribution in [-0.2, 0) is 6.42 Å². The zero-order chi connectivity index (χ0) is 12.1. The molecule has 0 bridgehead atoms. The fraction of sp³-hybridized carbons (Fsp3) is 0.571. The third kappa shape index (κ3) is 4.43. The van der Waals surface area contributed by atoms with E-state index in [4.69, 9.17) is 0 Å². The molecular weight excluding hydrogens is 220 g/mol. The molecule has 1 nitrogen and oxygen atoms in total. The van der Waals surface area contributed by atoms with Crippen LogP contribution < -0.4 is 5.32 Å². The summed E-state index contributed by atoms with van der Waals surface area (Å²) < 4.78 is 26.0. The highest BCUT2D eigenvalue weighted by Gasteiger charge is 2.19. The topological polar surface area (TPSA) is 12.0 Å². The van der Waals surface area contributed by atoms with Crippen LogP contribution in [0.2, 0.25) is 0 Å². The van der Waals surface area contributed by atoms with Gasteiger partial charge in [-0.15, -0.1) is 0 Å². The fourth-order valence-corrected chi connectivity index (χ4v) is 1.94. The Morgan fingerprint density at radius 1 is 1.12 bits per heavy atom. The summed E-state index contributed by atoms with van der Waals surface area (Å²) in [5.74, 6) is -0.916. The van der Waals surface area contributed by atoms with Crippen molar-refractivity contribution in [3.05, 3.63) is 35.4 Å². The van der Waals surface area contributed by atoms with E-state index >= 15 is 0 Å². The van der Waals surface area contributed by atoms with Gasteiger partial charge in [-0.1, -0.05) is 12.5 Å². The Labute approximate surface area is 101 Å². The highest BCUT2D eigenvalue weighted by molar-refractivity contribution is 5.18. The van der Waals surface area contributed by atoms with E-state index in [0.29, 0.717) is 12.0 Å². The molecule has 1 aromatic rings. The highest BCUT2D eigenvalue weighted by Crippen LogP contribution is 2.18. The molecule has 2 rings (SSSR count). The van der Waals surface area contributed by atoms with Crippen LogP contribution in [0.3, 0.4) is 0 Å². The molecule has 1 saturated carbocycles. The van der Waals surface area contributed by atoms with Crippen molar-refractivity contribution in [2.24, 2.45) is 0 Å². The molecule has 0 spiro atoms. The largest absolute Gasteiger partial charge is 0.314 e. The van der Waals surface area contributed by atoms with Gasteiger partial charge < -0.3 is 5.32 Å². The molecule has 94 valence electrons. The van der Waals surface area contributed by atoms with Gasteiger partial charge in [0.15, 0.2) is 0 Å². The number of halogens is 2. The summed E-state index contributed by atoms with van der Waals surface area (Å²) in [6.07, 6.45) is 6.54. The number of hydrogen-bond acceptors (Lipinski definition) is 1. The average molecular weight is 239 g/mol. The average Bonchev–Trinajstić information content (AvgIpc) is 3.09. The predicted octanol–water partition coefficient (Wildman–Crippen LogP) is 3.43. The van der Waals surface area contributed by atoms with Gasteiger partial charge in [0, 0.05) is 12.1 Å². The van der Waals surface area contributed by atoms with Crippen LogP contribution in [0.15, 0.2) is 18.2 Å². The first-order valence-electron chi connectivity index (χ1n) is 6.43. The lowest BCUT2D eigenvalue weighted by atomic mass is 10.1. The number of hydrogen-bond donors (Lipinski definition) is 1. The summed E-state index contributed by atoms with van der Waals surface area (Å²) in [5, 5.41) is 3.45. The normalized spacial score (nSPS) is 15.2. The van der Waals surface area contributed by atoms with Gasteiger partial charge in [0.2, 0.25) is 0 Å². The first-order chi connectivity index (χ1) is 8.25. The van der Waals surface area contributed by atoms with Crippen molar-refractivity contribution in [3.8, 4) is 0 Å². The maximum Gasteiger partial charge on any atom is 0.129 e. The minimum atomic E-state index is -0.500. The molecule has 0 aromatic heterocycles. The van der Waals surface area contributed by atoms with E-state index in [2.05, 4.69) is 5.32 Å². The van der Waals surface area contributed by atoms with Crippen molar-refractivity contribution in [2.45, 2.75) is 44.6 Å². The Morgan fingerprint density at radius 2 is 1.94 bits per heavy atom. The third-order valence-corrected chi connectivity index (χ3v) is 3.15. The van der Waals surface area contributed by atoms with E-state index in [1.165, 1.54) is 18.9 Å². The molecular formula is C14H19F2N. The molecule has 1 N–H and O–H groups in total. The Morgan fingerprint density at radius 3 is 2.65 bits per heavy atom. The maximum absolute atomic E-state index is 13.3. The maximum atomic E-state index is 13.3. The van der Waals surface area contributed by atoms with Crippen LogP contribution in [0.1, 0.15) is 37.7 Å². The molecule has 1 aromatic carbocycles. The summed E-state index contributed by atoms with van der Waals surface area (Å²) >= 11 is 0. The molecule has 0 atom stereocenters. The number of aryl methyl sites for hydroxylation is 1. The molecule has 1 fully saturated rings. The summed E-state index contributed by atoms with van der Waals surface area (Å²) in [4.78, 5) is 0. The van der Waals surface area contributed by atoms with Crippen molar-refractivity contribution < 1.29 is 8.78 Å². The van der Waals surface area contributed by atoms with Gasteiger partial charge in [-0.25, -0.2) is 8.78 Å². The second-order valence-corrected chi connectivity index (χ2v) is 4.77. The van der Waals surface area contributed by atoms with Gasteiger partial charge in [0.05, 0.1) is 0 Å². The van der Waals surface area contributed by atoms with Gasteiger partial charge in [0.1, 0.15) is 11.6 Å². The zero-order valence-electron chi connectivity index (χ0n) is 10.0. The molecule has 0 heterocycles. The van der Waals surface area contributed by atoms with Crippen molar-refractivity contribution in [1.82, 2.24) is 5.32 Å². The Kier molecular flexibility index (Phi) is 4.49. The summed E-state index contributed by atoms with van der Waals surface area (Å²) in [7, 11) is 0. The molecule has 0 unspecified atom stereocenters. The summed E-state index contributed by atoms with van der Waals surface area (Å²) in [6, 6.07) is 4.61. The molecule has 17 heavy (non-hydrogen) atoms. The highest BCUT2D eigenvalue weighted by atomic mass is 19.1. The lowest BCUT2D eigenvalue weighted by molar-refractivity contribution is 0.560. The zero-order valence-corrected chi connectivity index (χ0v) is 10.0. The monoisotopic (exact) mass is 239 g/mol. The van der Waals surface area contributed by atoms with Crippen LogP contribution in [0, 0.1) is 11.6 Å². The molecule has 1 aliphatic rings. The van der Waals surface area contributed by atoms with Crippen LogP contribution in [0.4, 0.5) is 8.78 Å². The van der Waals surface area contributed by atoms with Crippen molar-refractivity contribution >= 4 is 0 Å². The smallest absolute Gasteiger partial charge is 0.129 e. The quantitative estimate of drug-likeness (QED) is 0.719. The van der Waals surface area contributed by atoms with Crippen LogP contribution in [0.5, 0.6) is 0 Å². The second-order valence-electron chi connectivity index (χ2n) is 4.77. The van der Waals surface area contributed by atoms with Crippen molar-refractivity contribution in [2.75, 3.05) is 6.54 Å². The number of nitrogens with one attached hydrogen (secondary N) is 1. The molecule has 0 amide bonds. The molecule has 0 radical (unpaired) electrons. The van der Waals surface area contributed by atoms with Gasteiger partial charge in [-0.2, -0.15) is 0 Å². The molecule has 1 aliphatic carbocycles. The van der Waals surface area contributed by atoms with Crippen LogP contribution in [-0.4, -0.2) is 12.6 Å².